The number of rotatable bonds is 2. The van der Waals surface area contributed by atoms with Crippen molar-refractivity contribution in [1.82, 2.24) is 4.90 Å². The topological polar surface area (TPSA) is 38.5 Å². The summed E-state index contributed by atoms with van der Waals surface area (Å²) in [6.07, 6.45) is 4.04. The van der Waals surface area contributed by atoms with E-state index in [9.17, 15) is 0 Å². The Kier molecular flexibility index (Phi) is 3.99. The molecule has 0 radical (unpaired) electrons. The lowest BCUT2D eigenvalue weighted by atomic mass is 9.87. The van der Waals surface area contributed by atoms with E-state index in [1.165, 1.54) is 49.0 Å². The molecule has 0 aliphatic carbocycles. The molecule has 20 heavy (non-hydrogen) atoms. The average molecular weight is 274 g/mol. The molecule has 3 heteroatoms. The third-order valence-corrected chi connectivity index (χ3v) is 4.73. The normalized spacial score (nSPS) is 26.9. The predicted octanol–water partition coefficient (Wildman–Crippen LogP) is 2.80. The van der Waals surface area contributed by atoms with Crippen LogP contribution in [0.2, 0.25) is 0 Å². The van der Waals surface area contributed by atoms with Gasteiger partial charge in [0.05, 0.1) is 6.61 Å². The summed E-state index contributed by atoms with van der Waals surface area (Å²) in [5.41, 5.74) is 10.3. The first kappa shape index (κ1) is 13.9. The Labute approximate surface area is 122 Å². The molecule has 0 bridgehead atoms. The Morgan fingerprint density at radius 1 is 1.20 bits per heavy atom. The summed E-state index contributed by atoms with van der Waals surface area (Å²) in [4.78, 5) is 2.56. The molecule has 0 spiro atoms. The number of piperidine rings is 1. The molecular weight excluding hydrogens is 248 g/mol. The first-order valence-corrected chi connectivity index (χ1v) is 7.87. The summed E-state index contributed by atoms with van der Waals surface area (Å²) in [7, 11) is 0. The van der Waals surface area contributed by atoms with Crippen molar-refractivity contribution in [3.05, 3.63) is 28.8 Å². The van der Waals surface area contributed by atoms with Crippen LogP contribution in [0.15, 0.2) is 12.1 Å². The number of hydrogen-bond acceptors (Lipinski definition) is 3. The van der Waals surface area contributed by atoms with E-state index in [0.717, 1.165) is 18.9 Å². The number of benzene rings is 1. The van der Waals surface area contributed by atoms with Gasteiger partial charge >= 0.3 is 0 Å². The fourth-order valence-corrected chi connectivity index (χ4v) is 3.66. The van der Waals surface area contributed by atoms with Crippen LogP contribution in [-0.4, -0.2) is 31.1 Å². The van der Waals surface area contributed by atoms with Crippen LogP contribution in [-0.2, 0) is 0 Å². The number of ether oxygens (including phenoxy) is 1. The van der Waals surface area contributed by atoms with E-state index in [1.54, 1.807) is 0 Å². The van der Waals surface area contributed by atoms with Crippen molar-refractivity contribution in [1.29, 1.82) is 0 Å². The fourth-order valence-electron chi connectivity index (χ4n) is 3.66. The highest BCUT2D eigenvalue weighted by molar-refractivity contribution is 5.46. The summed E-state index contributed by atoms with van der Waals surface area (Å²) in [6, 6.07) is 4.45. The van der Waals surface area contributed by atoms with Gasteiger partial charge in [0.25, 0.3) is 0 Å². The Balaban J connectivity index is 1.76. The Hall–Kier alpha value is -1.06. The second-order valence-corrected chi connectivity index (χ2v) is 6.45. The van der Waals surface area contributed by atoms with Crippen LogP contribution in [0.4, 0.5) is 0 Å². The van der Waals surface area contributed by atoms with Crippen molar-refractivity contribution in [2.75, 3.05) is 26.2 Å². The van der Waals surface area contributed by atoms with Crippen LogP contribution in [0.25, 0.3) is 0 Å². The minimum absolute atomic E-state index is 0.112. The molecule has 2 N–H and O–H groups in total. The van der Waals surface area contributed by atoms with Crippen molar-refractivity contribution in [3.8, 4) is 5.75 Å². The van der Waals surface area contributed by atoms with Gasteiger partial charge < -0.3 is 15.4 Å². The largest absolute Gasteiger partial charge is 0.493 e. The highest BCUT2D eigenvalue weighted by Gasteiger charge is 2.31. The zero-order chi connectivity index (χ0) is 14.1. The number of nitrogens with two attached hydrogens (primary N) is 1. The maximum atomic E-state index is 6.55. The smallest absolute Gasteiger partial charge is 0.124 e. The average Bonchev–Trinajstić information content (AvgIpc) is 2.42. The van der Waals surface area contributed by atoms with E-state index < -0.39 is 0 Å². The van der Waals surface area contributed by atoms with Crippen molar-refractivity contribution in [3.63, 3.8) is 0 Å². The molecule has 0 saturated carbocycles. The fraction of sp³-hybridized carbons (Fsp3) is 0.647. The predicted molar refractivity (Wildman–Crippen MR) is 82.1 cm³/mol. The maximum absolute atomic E-state index is 6.55. The van der Waals surface area contributed by atoms with Crippen LogP contribution in [0.3, 0.4) is 0 Å². The third kappa shape index (κ3) is 2.70. The van der Waals surface area contributed by atoms with Gasteiger partial charge in [-0.05, 0) is 57.0 Å². The standard InChI is InChI=1S/C17H26N2O/c1-12-8-13(2)16-15(9-12)20-11-14(17(16)18)10-19-6-4-3-5-7-19/h8-9,14,17H,3-7,10-11,18H2,1-2H3. The van der Waals surface area contributed by atoms with Crippen molar-refractivity contribution in [2.24, 2.45) is 11.7 Å². The van der Waals surface area contributed by atoms with E-state index in [0.29, 0.717) is 5.92 Å². The van der Waals surface area contributed by atoms with Gasteiger partial charge in [-0.25, -0.2) is 0 Å². The number of aryl methyl sites for hydroxylation is 2. The van der Waals surface area contributed by atoms with Crippen LogP contribution >= 0.6 is 0 Å². The second kappa shape index (κ2) is 5.74. The van der Waals surface area contributed by atoms with Gasteiger partial charge in [-0.15, -0.1) is 0 Å². The first-order chi connectivity index (χ1) is 9.65. The molecule has 2 aliphatic heterocycles. The number of hydrogen-bond donors (Lipinski definition) is 1. The molecule has 3 rings (SSSR count). The van der Waals surface area contributed by atoms with Crippen molar-refractivity contribution in [2.45, 2.75) is 39.2 Å². The van der Waals surface area contributed by atoms with Crippen LogP contribution in [0.5, 0.6) is 5.75 Å². The van der Waals surface area contributed by atoms with Gasteiger partial charge in [0.15, 0.2) is 0 Å². The molecule has 1 aromatic carbocycles. The Bertz CT molecular complexity index is 480. The van der Waals surface area contributed by atoms with E-state index in [2.05, 4.69) is 30.9 Å². The van der Waals surface area contributed by atoms with Gasteiger partial charge in [0, 0.05) is 24.1 Å². The zero-order valence-electron chi connectivity index (χ0n) is 12.7. The molecule has 0 amide bonds. The minimum atomic E-state index is 0.112. The monoisotopic (exact) mass is 274 g/mol. The van der Waals surface area contributed by atoms with Gasteiger partial charge in [-0.2, -0.15) is 0 Å². The first-order valence-electron chi connectivity index (χ1n) is 7.87. The van der Waals surface area contributed by atoms with Gasteiger partial charge in [0.1, 0.15) is 5.75 Å². The molecular formula is C17H26N2O. The van der Waals surface area contributed by atoms with Crippen LogP contribution in [0.1, 0.15) is 42.0 Å². The van der Waals surface area contributed by atoms with E-state index in [1.807, 2.05) is 0 Å². The molecule has 110 valence electrons. The molecule has 1 aromatic rings. The highest BCUT2D eigenvalue weighted by Crippen LogP contribution is 2.37. The third-order valence-electron chi connectivity index (χ3n) is 4.73. The van der Waals surface area contributed by atoms with Gasteiger partial charge in [-0.3, -0.25) is 0 Å². The lowest BCUT2D eigenvalue weighted by Gasteiger charge is -2.37. The lowest BCUT2D eigenvalue weighted by molar-refractivity contribution is 0.125. The number of likely N-dealkylation sites (tertiary alicyclic amines) is 1. The van der Waals surface area contributed by atoms with Gasteiger partial charge in [-0.1, -0.05) is 12.5 Å². The summed E-state index contributed by atoms with van der Waals surface area (Å²) >= 11 is 0. The van der Waals surface area contributed by atoms with E-state index in [4.69, 9.17) is 10.5 Å². The molecule has 1 saturated heterocycles. The van der Waals surface area contributed by atoms with Crippen molar-refractivity contribution < 1.29 is 4.74 Å². The molecule has 2 aliphatic rings. The summed E-state index contributed by atoms with van der Waals surface area (Å²) < 4.78 is 6.00. The minimum Gasteiger partial charge on any atom is -0.493 e. The second-order valence-electron chi connectivity index (χ2n) is 6.45. The SMILES string of the molecule is Cc1cc(C)c2c(c1)OCC(CN1CCCCC1)C2N. The van der Waals surface area contributed by atoms with E-state index >= 15 is 0 Å². The maximum Gasteiger partial charge on any atom is 0.124 e. The summed E-state index contributed by atoms with van der Waals surface area (Å²) in [6.45, 7) is 8.55. The van der Waals surface area contributed by atoms with E-state index in [-0.39, 0.29) is 6.04 Å². The zero-order valence-corrected chi connectivity index (χ0v) is 12.7. The van der Waals surface area contributed by atoms with Crippen LogP contribution < -0.4 is 10.5 Å². The Morgan fingerprint density at radius 3 is 2.70 bits per heavy atom. The Morgan fingerprint density at radius 2 is 1.95 bits per heavy atom. The quantitative estimate of drug-likeness (QED) is 0.901. The molecule has 2 heterocycles. The summed E-state index contributed by atoms with van der Waals surface area (Å²) in [5, 5.41) is 0. The highest BCUT2D eigenvalue weighted by atomic mass is 16.5. The van der Waals surface area contributed by atoms with Gasteiger partial charge in [0.2, 0.25) is 0 Å². The molecule has 2 unspecified atom stereocenters. The van der Waals surface area contributed by atoms with Crippen LogP contribution in [0, 0.1) is 19.8 Å². The molecule has 3 nitrogen and oxygen atoms in total. The van der Waals surface area contributed by atoms with Crippen molar-refractivity contribution >= 4 is 0 Å². The molecule has 0 aromatic heterocycles. The molecule has 2 atom stereocenters. The summed E-state index contributed by atoms with van der Waals surface area (Å²) in [5.74, 6) is 1.42. The lowest BCUT2D eigenvalue weighted by Crippen LogP contribution is -2.42. The number of fused-ring (bicyclic) bond motifs is 1. The molecule has 1 fully saturated rings. The number of nitrogens with zero attached hydrogens (tertiary/aromatic N) is 1.